The Morgan fingerprint density at radius 1 is 1.35 bits per heavy atom. The zero-order chi connectivity index (χ0) is 18.7. The van der Waals surface area contributed by atoms with E-state index in [1.165, 1.54) is 18.7 Å². The van der Waals surface area contributed by atoms with Crippen molar-refractivity contribution in [3.05, 3.63) is 52.9 Å². The predicted molar refractivity (Wildman–Crippen MR) is 99.5 cm³/mol. The minimum atomic E-state index is -0.325. The van der Waals surface area contributed by atoms with Crippen LogP contribution in [0, 0.1) is 12.7 Å². The van der Waals surface area contributed by atoms with Crippen LogP contribution >= 0.6 is 0 Å². The van der Waals surface area contributed by atoms with Crippen LogP contribution in [0.15, 0.2) is 24.4 Å². The number of benzene rings is 1. The van der Waals surface area contributed by atoms with Crippen molar-refractivity contribution in [3.63, 3.8) is 0 Å². The third-order valence-corrected chi connectivity index (χ3v) is 4.79. The first-order chi connectivity index (χ1) is 12.5. The molecule has 1 aliphatic heterocycles. The number of nitrogens with zero attached hydrogens (tertiary/aromatic N) is 4. The van der Waals surface area contributed by atoms with Gasteiger partial charge in [0.2, 0.25) is 0 Å². The highest BCUT2D eigenvalue weighted by atomic mass is 19.1. The Morgan fingerprint density at radius 2 is 2.15 bits per heavy atom. The van der Waals surface area contributed by atoms with Crippen LogP contribution in [-0.4, -0.2) is 47.5 Å². The van der Waals surface area contributed by atoms with Gasteiger partial charge in [0, 0.05) is 24.8 Å². The van der Waals surface area contributed by atoms with Crippen molar-refractivity contribution in [1.82, 2.24) is 19.8 Å². The molecule has 1 aromatic carbocycles. The van der Waals surface area contributed by atoms with E-state index in [4.69, 9.17) is 9.72 Å². The Bertz CT molecular complexity index is 765. The molecule has 5 nitrogen and oxygen atoms in total. The first-order valence-corrected chi connectivity index (χ1v) is 9.01. The van der Waals surface area contributed by atoms with E-state index in [9.17, 15) is 4.39 Å². The number of methoxy groups -OCH3 is 1. The van der Waals surface area contributed by atoms with E-state index in [2.05, 4.69) is 28.9 Å². The van der Waals surface area contributed by atoms with Crippen LogP contribution in [0.25, 0.3) is 0 Å². The number of hydrogen-bond donors (Lipinski definition) is 0. The van der Waals surface area contributed by atoms with Crippen LogP contribution in [0.5, 0.6) is 5.75 Å². The molecule has 1 atom stereocenters. The summed E-state index contributed by atoms with van der Waals surface area (Å²) < 4.78 is 18.8. The first-order valence-electron chi connectivity index (χ1n) is 9.01. The molecule has 1 aromatic heterocycles. The Morgan fingerprint density at radius 3 is 2.88 bits per heavy atom. The standard InChI is InChI=1S/C20H27FN4O/c1-14-22-11-16(13-24(2)3)20(23-14)18-6-5-9-25(18)12-15-7-8-17(21)19(10-15)26-4/h7-8,10-11,18H,5-6,9,12-13H2,1-4H3/t18-/m1/s1. The van der Waals surface area contributed by atoms with E-state index in [0.717, 1.165) is 49.6 Å². The quantitative estimate of drug-likeness (QED) is 0.792. The summed E-state index contributed by atoms with van der Waals surface area (Å²) in [6.07, 6.45) is 4.16. The van der Waals surface area contributed by atoms with Gasteiger partial charge in [-0.1, -0.05) is 6.07 Å². The summed E-state index contributed by atoms with van der Waals surface area (Å²) in [5.41, 5.74) is 3.35. The summed E-state index contributed by atoms with van der Waals surface area (Å²) in [5, 5.41) is 0. The molecule has 0 radical (unpaired) electrons. The van der Waals surface area contributed by atoms with Crippen molar-refractivity contribution in [2.24, 2.45) is 0 Å². The molecule has 2 aromatic rings. The van der Waals surface area contributed by atoms with Gasteiger partial charge in [0.25, 0.3) is 0 Å². The Kier molecular flexibility index (Phi) is 5.84. The molecule has 0 unspecified atom stereocenters. The fourth-order valence-electron chi connectivity index (χ4n) is 3.63. The molecule has 2 heterocycles. The normalized spacial score (nSPS) is 17.8. The molecule has 0 bridgehead atoms. The summed E-state index contributed by atoms with van der Waals surface area (Å²) in [4.78, 5) is 13.7. The minimum Gasteiger partial charge on any atom is -0.494 e. The maximum Gasteiger partial charge on any atom is 0.165 e. The Labute approximate surface area is 154 Å². The molecule has 3 rings (SSSR count). The monoisotopic (exact) mass is 358 g/mol. The lowest BCUT2D eigenvalue weighted by Gasteiger charge is -2.26. The molecule has 1 aliphatic rings. The lowest BCUT2D eigenvalue weighted by molar-refractivity contribution is 0.240. The van der Waals surface area contributed by atoms with Gasteiger partial charge in [-0.3, -0.25) is 4.90 Å². The van der Waals surface area contributed by atoms with Gasteiger partial charge >= 0.3 is 0 Å². The maximum atomic E-state index is 13.7. The fourth-order valence-corrected chi connectivity index (χ4v) is 3.63. The summed E-state index contributed by atoms with van der Waals surface area (Å²) in [7, 11) is 5.61. The van der Waals surface area contributed by atoms with Crippen LogP contribution in [0.1, 0.15) is 41.5 Å². The fraction of sp³-hybridized carbons (Fsp3) is 0.500. The third kappa shape index (κ3) is 4.19. The molecule has 1 fully saturated rings. The summed E-state index contributed by atoms with van der Waals surface area (Å²) in [6.45, 7) is 4.53. The number of aromatic nitrogens is 2. The Balaban J connectivity index is 1.85. The zero-order valence-corrected chi connectivity index (χ0v) is 16.0. The number of rotatable bonds is 6. The van der Waals surface area contributed by atoms with Crippen molar-refractivity contribution in [2.45, 2.75) is 38.9 Å². The number of likely N-dealkylation sites (tertiary alicyclic amines) is 1. The van der Waals surface area contributed by atoms with Gasteiger partial charge in [0.1, 0.15) is 5.82 Å². The summed E-state index contributed by atoms with van der Waals surface area (Å²) >= 11 is 0. The van der Waals surface area contributed by atoms with Crippen molar-refractivity contribution in [1.29, 1.82) is 0 Å². The van der Waals surface area contributed by atoms with Crippen LogP contribution in [0.4, 0.5) is 4.39 Å². The van der Waals surface area contributed by atoms with E-state index >= 15 is 0 Å². The van der Waals surface area contributed by atoms with Crippen molar-refractivity contribution < 1.29 is 9.13 Å². The zero-order valence-electron chi connectivity index (χ0n) is 16.0. The summed E-state index contributed by atoms with van der Waals surface area (Å²) in [6, 6.07) is 5.37. The van der Waals surface area contributed by atoms with Gasteiger partial charge in [-0.05, 0) is 58.1 Å². The number of hydrogen-bond acceptors (Lipinski definition) is 5. The molecule has 0 amide bonds. The van der Waals surface area contributed by atoms with Crippen LogP contribution in [0.2, 0.25) is 0 Å². The SMILES string of the molecule is COc1cc(CN2CCC[C@@H]2c2nc(C)ncc2CN(C)C)ccc1F. The van der Waals surface area contributed by atoms with E-state index in [1.807, 2.05) is 19.2 Å². The molecular weight excluding hydrogens is 331 g/mol. The largest absolute Gasteiger partial charge is 0.494 e. The minimum absolute atomic E-state index is 0.266. The average molecular weight is 358 g/mol. The lowest BCUT2D eigenvalue weighted by atomic mass is 10.0. The Hall–Kier alpha value is -2.05. The topological polar surface area (TPSA) is 41.5 Å². The predicted octanol–water partition coefficient (Wildman–Crippen LogP) is 3.33. The molecule has 26 heavy (non-hydrogen) atoms. The van der Waals surface area contributed by atoms with Gasteiger partial charge in [0.15, 0.2) is 11.6 Å². The van der Waals surface area contributed by atoms with Gasteiger partial charge in [0.05, 0.1) is 18.8 Å². The highest BCUT2D eigenvalue weighted by Gasteiger charge is 2.29. The van der Waals surface area contributed by atoms with E-state index in [1.54, 1.807) is 6.07 Å². The van der Waals surface area contributed by atoms with E-state index in [-0.39, 0.29) is 11.9 Å². The highest BCUT2D eigenvalue weighted by molar-refractivity contribution is 5.31. The van der Waals surface area contributed by atoms with Crippen molar-refractivity contribution in [2.75, 3.05) is 27.7 Å². The van der Waals surface area contributed by atoms with Crippen LogP contribution in [-0.2, 0) is 13.1 Å². The average Bonchev–Trinajstić information content (AvgIpc) is 3.05. The van der Waals surface area contributed by atoms with Crippen molar-refractivity contribution >= 4 is 0 Å². The maximum absolute atomic E-state index is 13.7. The molecule has 0 N–H and O–H groups in total. The molecule has 0 aliphatic carbocycles. The second-order valence-electron chi connectivity index (χ2n) is 7.16. The smallest absolute Gasteiger partial charge is 0.165 e. The molecule has 6 heteroatoms. The van der Waals surface area contributed by atoms with Crippen LogP contribution < -0.4 is 4.74 Å². The van der Waals surface area contributed by atoms with Gasteiger partial charge in [-0.25, -0.2) is 14.4 Å². The second-order valence-corrected chi connectivity index (χ2v) is 7.16. The van der Waals surface area contributed by atoms with Gasteiger partial charge in [-0.2, -0.15) is 0 Å². The molecular formula is C20H27FN4O. The summed E-state index contributed by atoms with van der Waals surface area (Å²) in [5.74, 6) is 0.774. The van der Waals surface area contributed by atoms with Gasteiger partial charge in [-0.15, -0.1) is 0 Å². The van der Waals surface area contributed by atoms with E-state index < -0.39 is 0 Å². The lowest BCUT2D eigenvalue weighted by Crippen LogP contribution is -2.26. The molecule has 1 saturated heterocycles. The first kappa shape index (κ1) is 18.7. The number of halogens is 1. The van der Waals surface area contributed by atoms with Gasteiger partial charge < -0.3 is 9.64 Å². The van der Waals surface area contributed by atoms with Crippen LogP contribution in [0.3, 0.4) is 0 Å². The molecule has 0 spiro atoms. The second kappa shape index (κ2) is 8.10. The third-order valence-electron chi connectivity index (χ3n) is 4.79. The number of ether oxygens (including phenoxy) is 1. The number of aryl methyl sites for hydroxylation is 1. The highest BCUT2D eigenvalue weighted by Crippen LogP contribution is 2.34. The van der Waals surface area contributed by atoms with E-state index in [0.29, 0.717) is 5.75 Å². The van der Waals surface area contributed by atoms with Crippen molar-refractivity contribution in [3.8, 4) is 5.75 Å². The molecule has 140 valence electrons. The molecule has 0 saturated carbocycles.